The lowest BCUT2D eigenvalue weighted by Crippen LogP contribution is -1.79. The van der Waals surface area contributed by atoms with E-state index in [2.05, 4.69) is 71.7 Å². The summed E-state index contributed by atoms with van der Waals surface area (Å²) in [5.41, 5.74) is 2.09. The average molecular weight is 281 g/mol. The summed E-state index contributed by atoms with van der Waals surface area (Å²) < 4.78 is 0. The maximum absolute atomic E-state index is 4.58. The van der Waals surface area contributed by atoms with E-state index in [4.69, 9.17) is 0 Å². The van der Waals surface area contributed by atoms with Crippen molar-refractivity contribution in [3.8, 4) is 0 Å². The van der Waals surface area contributed by atoms with Gasteiger partial charge in [-0.3, -0.25) is 4.99 Å². The Labute approximate surface area is 129 Å². The zero-order valence-corrected chi connectivity index (χ0v) is 12.1. The van der Waals surface area contributed by atoms with Crippen LogP contribution in [0.1, 0.15) is 5.56 Å². The molecule has 0 spiro atoms. The summed E-state index contributed by atoms with van der Waals surface area (Å²) in [7, 11) is 0. The first-order valence-electron chi connectivity index (χ1n) is 7.40. The van der Waals surface area contributed by atoms with E-state index in [-0.39, 0.29) is 0 Å². The maximum Gasteiger partial charge on any atom is 0.0636 e. The third-order valence-corrected chi connectivity index (χ3v) is 3.85. The van der Waals surface area contributed by atoms with Crippen molar-refractivity contribution in [2.24, 2.45) is 4.99 Å². The van der Waals surface area contributed by atoms with Crippen LogP contribution in [0.2, 0.25) is 0 Å². The van der Waals surface area contributed by atoms with E-state index in [1.54, 1.807) is 0 Å². The number of hydrogen-bond acceptors (Lipinski definition) is 1. The quantitative estimate of drug-likeness (QED) is 0.328. The lowest BCUT2D eigenvalue weighted by atomic mass is 10.0. The van der Waals surface area contributed by atoms with E-state index in [1.165, 1.54) is 21.5 Å². The molecule has 1 nitrogen and oxygen atoms in total. The summed E-state index contributed by atoms with van der Waals surface area (Å²) in [6.07, 6.45) is 1.90. The van der Waals surface area contributed by atoms with Gasteiger partial charge in [0, 0.05) is 6.21 Å². The Bertz CT molecular complexity index is 969. The molecule has 0 aromatic heterocycles. The monoisotopic (exact) mass is 281 g/mol. The SMILES string of the molecule is C(=Nc1ccc2cc3ccccc3cc2c1)c1ccccc1. The van der Waals surface area contributed by atoms with Gasteiger partial charge in [0.2, 0.25) is 0 Å². The average Bonchev–Trinajstić information content (AvgIpc) is 2.59. The molecule has 0 saturated heterocycles. The van der Waals surface area contributed by atoms with Crippen LogP contribution in [-0.4, -0.2) is 6.21 Å². The molecule has 4 aromatic rings. The van der Waals surface area contributed by atoms with E-state index in [0.717, 1.165) is 11.3 Å². The van der Waals surface area contributed by atoms with Crippen LogP contribution in [0, 0.1) is 0 Å². The number of rotatable bonds is 2. The molecule has 104 valence electrons. The van der Waals surface area contributed by atoms with Gasteiger partial charge in [0.1, 0.15) is 0 Å². The van der Waals surface area contributed by atoms with Gasteiger partial charge in [-0.05, 0) is 51.4 Å². The standard InChI is InChI=1S/C21H15N/c1-2-6-16(7-3-1)15-22-21-11-10-19-12-17-8-4-5-9-18(17)13-20(19)14-21/h1-15H. The number of fused-ring (bicyclic) bond motifs is 2. The molecular weight excluding hydrogens is 266 g/mol. The molecular formula is C21H15N. The summed E-state index contributed by atoms with van der Waals surface area (Å²) >= 11 is 0. The topological polar surface area (TPSA) is 12.4 Å². The fourth-order valence-corrected chi connectivity index (χ4v) is 2.70. The molecule has 4 rings (SSSR count). The van der Waals surface area contributed by atoms with Crippen molar-refractivity contribution >= 4 is 33.4 Å². The van der Waals surface area contributed by atoms with Crippen molar-refractivity contribution in [2.75, 3.05) is 0 Å². The van der Waals surface area contributed by atoms with Crippen LogP contribution in [0.5, 0.6) is 0 Å². The van der Waals surface area contributed by atoms with Gasteiger partial charge in [0.25, 0.3) is 0 Å². The molecule has 0 heterocycles. The molecule has 0 aliphatic heterocycles. The molecule has 0 radical (unpaired) electrons. The van der Waals surface area contributed by atoms with Crippen LogP contribution in [0.3, 0.4) is 0 Å². The highest BCUT2D eigenvalue weighted by Crippen LogP contribution is 2.26. The van der Waals surface area contributed by atoms with Crippen molar-refractivity contribution in [2.45, 2.75) is 0 Å². The molecule has 22 heavy (non-hydrogen) atoms. The van der Waals surface area contributed by atoms with E-state index >= 15 is 0 Å². The van der Waals surface area contributed by atoms with Gasteiger partial charge in [-0.2, -0.15) is 0 Å². The Morgan fingerprint density at radius 3 is 1.95 bits per heavy atom. The third kappa shape index (κ3) is 2.49. The summed E-state index contributed by atoms with van der Waals surface area (Å²) in [4.78, 5) is 4.58. The molecule has 0 atom stereocenters. The smallest absolute Gasteiger partial charge is 0.0636 e. The van der Waals surface area contributed by atoms with Crippen LogP contribution < -0.4 is 0 Å². The Hall–Kier alpha value is -2.93. The highest BCUT2D eigenvalue weighted by Gasteiger charge is 1.99. The number of hydrogen-bond donors (Lipinski definition) is 0. The first-order chi connectivity index (χ1) is 10.9. The van der Waals surface area contributed by atoms with Crippen molar-refractivity contribution in [3.05, 3.63) is 90.5 Å². The second-order valence-corrected chi connectivity index (χ2v) is 5.40. The minimum atomic E-state index is 0.978. The van der Waals surface area contributed by atoms with Crippen LogP contribution in [0.15, 0.2) is 89.9 Å². The molecule has 4 aromatic carbocycles. The highest BCUT2D eigenvalue weighted by atomic mass is 14.7. The molecule has 0 saturated carbocycles. The van der Waals surface area contributed by atoms with Crippen molar-refractivity contribution in [1.82, 2.24) is 0 Å². The summed E-state index contributed by atoms with van der Waals surface area (Å²) in [5.74, 6) is 0. The Kier molecular flexibility index (Phi) is 3.17. The summed E-state index contributed by atoms with van der Waals surface area (Å²) in [6, 6.07) is 29.4. The molecule has 0 aliphatic rings. The maximum atomic E-state index is 4.58. The minimum Gasteiger partial charge on any atom is -0.256 e. The van der Waals surface area contributed by atoms with Crippen LogP contribution in [-0.2, 0) is 0 Å². The molecule has 0 fully saturated rings. The fraction of sp³-hybridized carbons (Fsp3) is 0. The lowest BCUT2D eigenvalue weighted by Gasteiger charge is -2.03. The van der Waals surface area contributed by atoms with Gasteiger partial charge in [-0.1, -0.05) is 60.7 Å². The number of nitrogens with zero attached hydrogens (tertiary/aromatic N) is 1. The van der Waals surface area contributed by atoms with Crippen LogP contribution in [0.25, 0.3) is 21.5 Å². The fourth-order valence-electron chi connectivity index (χ4n) is 2.70. The summed E-state index contributed by atoms with van der Waals surface area (Å²) in [5, 5.41) is 5.01. The zero-order valence-electron chi connectivity index (χ0n) is 12.1. The van der Waals surface area contributed by atoms with E-state index in [9.17, 15) is 0 Å². The van der Waals surface area contributed by atoms with E-state index < -0.39 is 0 Å². The molecule has 0 N–H and O–H groups in total. The largest absolute Gasteiger partial charge is 0.256 e. The van der Waals surface area contributed by atoms with Gasteiger partial charge >= 0.3 is 0 Å². The second kappa shape index (κ2) is 5.45. The number of benzene rings is 4. The highest BCUT2D eigenvalue weighted by molar-refractivity contribution is 5.99. The minimum absolute atomic E-state index is 0.978. The van der Waals surface area contributed by atoms with Crippen LogP contribution >= 0.6 is 0 Å². The molecule has 0 unspecified atom stereocenters. The molecule has 0 amide bonds. The van der Waals surface area contributed by atoms with Gasteiger partial charge in [0.15, 0.2) is 0 Å². The molecule has 0 aliphatic carbocycles. The number of aliphatic imine (C=N–C) groups is 1. The lowest BCUT2D eigenvalue weighted by molar-refractivity contribution is 1.55. The third-order valence-electron chi connectivity index (χ3n) is 3.85. The molecule has 1 heteroatoms. The predicted molar refractivity (Wildman–Crippen MR) is 95.2 cm³/mol. The van der Waals surface area contributed by atoms with Gasteiger partial charge < -0.3 is 0 Å². The second-order valence-electron chi connectivity index (χ2n) is 5.40. The first kappa shape index (κ1) is 12.8. The summed E-state index contributed by atoms with van der Waals surface area (Å²) in [6.45, 7) is 0. The Balaban J connectivity index is 1.76. The van der Waals surface area contributed by atoms with Gasteiger partial charge in [0.05, 0.1) is 5.69 Å². The predicted octanol–water partition coefficient (Wildman–Crippen LogP) is 5.74. The first-order valence-corrected chi connectivity index (χ1v) is 7.40. The normalized spacial score (nSPS) is 11.5. The van der Waals surface area contributed by atoms with Crippen LogP contribution in [0.4, 0.5) is 5.69 Å². The zero-order chi connectivity index (χ0) is 14.8. The van der Waals surface area contributed by atoms with Gasteiger partial charge in [-0.15, -0.1) is 0 Å². The van der Waals surface area contributed by atoms with E-state index in [0.29, 0.717) is 0 Å². The Morgan fingerprint density at radius 1 is 0.545 bits per heavy atom. The van der Waals surface area contributed by atoms with Crippen molar-refractivity contribution in [1.29, 1.82) is 0 Å². The van der Waals surface area contributed by atoms with Gasteiger partial charge in [-0.25, -0.2) is 0 Å². The Morgan fingerprint density at radius 2 is 1.18 bits per heavy atom. The van der Waals surface area contributed by atoms with Crippen molar-refractivity contribution < 1.29 is 0 Å². The van der Waals surface area contributed by atoms with E-state index in [1.807, 2.05) is 24.4 Å². The molecule has 0 bridgehead atoms. The van der Waals surface area contributed by atoms with Crippen molar-refractivity contribution in [3.63, 3.8) is 0 Å².